The second-order valence-electron chi connectivity index (χ2n) is 7.61. The Morgan fingerprint density at radius 2 is 1.57 bits per heavy atom. The molecule has 0 heterocycles. The van der Waals surface area contributed by atoms with Crippen molar-refractivity contribution in [1.82, 2.24) is 5.32 Å². The van der Waals surface area contributed by atoms with E-state index in [1.807, 2.05) is 66.7 Å². The van der Waals surface area contributed by atoms with Gasteiger partial charge in [-0.3, -0.25) is 9.59 Å². The van der Waals surface area contributed by atoms with Crippen LogP contribution in [-0.4, -0.2) is 18.5 Å². The van der Waals surface area contributed by atoms with Gasteiger partial charge in [0.15, 0.2) is 6.61 Å². The molecule has 152 valence electrons. The molecule has 1 aliphatic carbocycles. The maximum atomic E-state index is 12.3. The molecule has 3 aromatic rings. The molecule has 4 heteroatoms. The summed E-state index contributed by atoms with van der Waals surface area (Å²) in [5.74, 6) is -0.661. The van der Waals surface area contributed by atoms with Crippen molar-refractivity contribution in [3.8, 4) is 11.1 Å². The number of carbonyl (C=O) groups excluding carboxylic acids is 2. The lowest BCUT2D eigenvalue weighted by Gasteiger charge is -2.26. The fourth-order valence-electron chi connectivity index (χ4n) is 3.95. The maximum absolute atomic E-state index is 12.3. The van der Waals surface area contributed by atoms with Gasteiger partial charge in [-0.05, 0) is 47.1 Å². The van der Waals surface area contributed by atoms with Gasteiger partial charge in [-0.25, -0.2) is 0 Å². The van der Waals surface area contributed by atoms with Crippen molar-refractivity contribution < 1.29 is 14.3 Å². The highest BCUT2D eigenvalue weighted by atomic mass is 16.5. The second kappa shape index (κ2) is 9.40. The lowest BCUT2D eigenvalue weighted by molar-refractivity contribution is -0.148. The van der Waals surface area contributed by atoms with E-state index in [1.165, 1.54) is 11.1 Å². The molecule has 0 radical (unpaired) electrons. The number of amides is 1. The Kier molecular flexibility index (Phi) is 6.23. The topological polar surface area (TPSA) is 55.4 Å². The normalized spacial score (nSPS) is 15.1. The molecular weight excluding hydrogens is 374 g/mol. The molecule has 0 saturated heterocycles. The Morgan fingerprint density at radius 3 is 2.37 bits per heavy atom. The van der Waals surface area contributed by atoms with Crippen LogP contribution in [0.1, 0.15) is 35.6 Å². The van der Waals surface area contributed by atoms with Crippen LogP contribution >= 0.6 is 0 Å². The van der Waals surface area contributed by atoms with Crippen molar-refractivity contribution >= 4 is 11.9 Å². The molecule has 0 unspecified atom stereocenters. The predicted molar refractivity (Wildman–Crippen MR) is 117 cm³/mol. The third kappa shape index (κ3) is 4.95. The van der Waals surface area contributed by atoms with Crippen LogP contribution in [0.5, 0.6) is 0 Å². The van der Waals surface area contributed by atoms with Gasteiger partial charge >= 0.3 is 5.97 Å². The maximum Gasteiger partial charge on any atom is 0.310 e. The zero-order valence-corrected chi connectivity index (χ0v) is 16.8. The van der Waals surface area contributed by atoms with Gasteiger partial charge in [-0.2, -0.15) is 0 Å². The quantitative estimate of drug-likeness (QED) is 0.615. The number of hydrogen-bond donors (Lipinski definition) is 1. The van der Waals surface area contributed by atoms with Crippen LogP contribution < -0.4 is 5.32 Å². The van der Waals surface area contributed by atoms with Crippen LogP contribution in [0, 0.1) is 0 Å². The minimum atomic E-state index is -0.401. The van der Waals surface area contributed by atoms with Crippen molar-refractivity contribution in [1.29, 1.82) is 0 Å². The molecule has 1 atom stereocenters. The Morgan fingerprint density at radius 1 is 0.867 bits per heavy atom. The molecule has 30 heavy (non-hydrogen) atoms. The van der Waals surface area contributed by atoms with Crippen molar-refractivity contribution in [2.24, 2.45) is 0 Å². The Balaban J connectivity index is 1.26. The summed E-state index contributed by atoms with van der Waals surface area (Å²) in [4.78, 5) is 24.5. The van der Waals surface area contributed by atoms with Gasteiger partial charge in [0.1, 0.15) is 0 Å². The van der Waals surface area contributed by atoms with Gasteiger partial charge in [0, 0.05) is 0 Å². The zero-order chi connectivity index (χ0) is 20.8. The van der Waals surface area contributed by atoms with Crippen LogP contribution in [0.4, 0.5) is 0 Å². The standard InChI is InChI=1S/C26H25NO3/c28-25(27-24-12-6-10-22-9-4-5-11-23(22)24)18-30-26(29)17-19-13-15-21(16-14-19)20-7-2-1-3-8-20/h1-5,7-9,11,13-16,24H,6,10,12,17-18H2,(H,27,28)/t24-/m0/s1. The summed E-state index contributed by atoms with van der Waals surface area (Å²) in [5, 5.41) is 3.00. The number of hydrogen-bond acceptors (Lipinski definition) is 3. The fourth-order valence-corrected chi connectivity index (χ4v) is 3.95. The van der Waals surface area contributed by atoms with Crippen LogP contribution in [0.2, 0.25) is 0 Å². The number of carbonyl (C=O) groups is 2. The third-order valence-corrected chi connectivity index (χ3v) is 5.48. The SMILES string of the molecule is O=C(COC(=O)Cc1ccc(-c2ccccc2)cc1)N[C@H]1CCCc2ccccc21. The van der Waals surface area contributed by atoms with Crippen molar-refractivity contribution in [2.75, 3.05) is 6.61 Å². The molecular formula is C26H25NO3. The first-order valence-electron chi connectivity index (χ1n) is 10.4. The summed E-state index contributed by atoms with van der Waals surface area (Å²) < 4.78 is 5.20. The highest BCUT2D eigenvalue weighted by Crippen LogP contribution is 2.29. The number of aryl methyl sites for hydroxylation is 1. The molecule has 4 nitrogen and oxygen atoms in total. The molecule has 4 rings (SSSR count). The van der Waals surface area contributed by atoms with E-state index in [0.29, 0.717) is 0 Å². The molecule has 0 aliphatic heterocycles. The number of ether oxygens (including phenoxy) is 1. The second-order valence-corrected chi connectivity index (χ2v) is 7.61. The highest BCUT2D eigenvalue weighted by molar-refractivity contribution is 5.81. The summed E-state index contributed by atoms with van der Waals surface area (Å²) in [7, 11) is 0. The summed E-state index contributed by atoms with van der Waals surface area (Å²) in [6, 6.07) is 26.1. The molecule has 0 aromatic heterocycles. The number of rotatable bonds is 6. The summed E-state index contributed by atoms with van der Waals surface area (Å²) >= 11 is 0. The Bertz CT molecular complexity index is 1010. The minimum absolute atomic E-state index is 0.00770. The van der Waals surface area contributed by atoms with E-state index in [9.17, 15) is 9.59 Å². The van der Waals surface area contributed by atoms with Crippen LogP contribution in [0.3, 0.4) is 0 Å². The van der Waals surface area contributed by atoms with Gasteiger partial charge in [-0.1, -0.05) is 78.9 Å². The molecule has 1 amide bonds. The summed E-state index contributed by atoms with van der Waals surface area (Å²) in [5.41, 5.74) is 5.54. The van der Waals surface area contributed by atoms with Gasteiger partial charge in [-0.15, -0.1) is 0 Å². The summed E-state index contributed by atoms with van der Waals surface area (Å²) in [6.45, 7) is -0.250. The molecule has 0 bridgehead atoms. The van der Waals surface area contributed by atoms with Crippen molar-refractivity contribution in [3.05, 3.63) is 95.6 Å². The minimum Gasteiger partial charge on any atom is -0.455 e. The van der Waals surface area contributed by atoms with Gasteiger partial charge < -0.3 is 10.1 Å². The van der Waals surface area contributed by atoms with E-state index >= 15 is 0 Å². The van der Waals surface area contributed by atoms with E-state index in [4.69, 9.17) is 4.74 Å². The monoisotopic (exact) mass is 399 g/mol. The average molecular weight is 399 g/mol. The molecule has 0 saturated carbocycles. The van der Waals surface area contributed by atoms with E-state index in [2.05, 4.69) is 17.4 Å². The van der Waals surface area contributed by atoms with Gasteiger partial charge in [0.05, 0.1) is 12.5 Å². The van der Waals surface area contributed by atoms with E-state index in [-0.39, 0.29) is 25.0 Å². The molecule has 0 spiro atoms. The van der Waals surface area contributed by atoms with Crippen LogP contribution in [0.15, 0.2) is 78.9 Å². The van der Waals surface area contributed by atoms with E-state index in [0.717, 1.165) is 36.0 Å². The van der Waals surface area contributed by atoms with E-state index < -0.39 is 5.97 Å². The lowest BCUT2D eigenvalue weighted by atomic mass is 9.88. The smallest absolute Gasteiger partial charge is 0.310 e. The van der Waals surface area contributed by atoms with E-state index in [1.54, 1.807) is 0 Å². The number of nitrogens with one attached hydrogen (secondary N) is 1. The van der Waals surface area contributed by atoms with Gasteiger partial charge in [0.2, 0.25) is 0 Å². The Hall–Kier alpha value is -3.40. The number of esters is 1. The van der Waals surface area contributed by atoms with Crippen LogP contribution in [-0.2, 0) is 27.2 Å². The third-order valence-electron chi connectivity index (χ3n) is 5.48. The Labute approximate surface area is 176 Å². The molecule has 1 aliphatic rings. The first kappa shape index (κ1) is 19.9. The van der Waals surface area contributed by atoms with Gasteiger partial charge in [0.25, 0.3) is 5.91 Å². The number of benzene rings is 3. The first-order valence-corrected chi connectivity index (χ1v) is 10.4. The molecule has 3 aromatic carbocycles. The summed E-state index contributed by atoms with van der Waals surface area (Å²) in [6.07, 6.45) is 3.14. The fraction of sp³-hybridized carbons (Fsp3) is 0.231. The average Bonchev–Trinajstić information content (AvgIpc) is 2.79. The van der Waals surface area contributed by atoms with Crippen LogP contribution in [0.25, 0.3) is 11.1 Å². The number of fused-ring (bicyclic) bond motifs is 1. The van der Waals surface area contributed by atoms with Crippen molar-refractivity contribution in [2.45, 2.75) is 31.7 Å². The molecule has 0 fully saturated rings. The lowest BCUT2D eigenvalue weighted by Crippen LogP contribution is -2.34. The predicted octanol–water partition coefficient (Wildman–Crippen LogP) is 4.63. The largest absolute Gasteiger partial charge is 0.455 e. The van der Waals surface area contributed by atoms with Crippen molar-refractivity contribution in [3.63, 3.8) is 0 Å². The first-order chi connectivity index (χ1) is 14.7. The highest BCUT2D eigenvalue weighted by Gasteiger charge is 2.21. The zero-order valence-electron chi connectivity index (χ0n) is 16.8. The molecule has 1 N–H and O–H groups in total.